The zero-order chi connectivity index (χ0) is 18.9. The third kappa shape index (κ3) is 5.67. The Morgan fingerprint density at radius 1 is 1.07 bits per heavy atom. The molecule has 7 heteroatoms. The van der Waals surface area contributed by atoms with E-state index < -0.39 is 0 Å². The molecule has 0 bridgehead atoms. The van der Waals surface area contributed by atoms with Crippen molar-refractivity contribution in [3.8, 4) is 0 Å². The van der Waals surface area contributed by atoms with Gasteiger partial charge in [0.15, 0.2) is 5.78 Å². The molecule has 142 valence electrons. The van der Waals surface area contributed by atoms with Gasteiger partial charge in [0.25, 0.3) is 0 Å². The van der Waals surface area contributed by atoms with Gasteiger partial charge in [0.05, 0.1) is 19.3 Å². The van der Waals surface area contributed by atoms with Crippen molar-refractivity contribution in [2.75, 3.05) is 32.8 Å². The van der Waals surface area contributed by atoms with Crippen LogP contribution in [0.1, 0.15) is 34.8 Å². The summed E-state index contributed by atoms with van der Waals surface area (Å²) in [5, 5.41) is 2.97. The minimum Gasteiger partial charge on any atom is -0.379 e. The molecule has 1 saturated heterocycles. The number of aromatic nitrogens is 2. The number of hydrogen-bond donors (Lipinski definition) is 1. The lowest BCUT2D eigenvalue weighted by Crippen LogP contribution is -2.43. The van der Waals surface area contributed by atoms with Crippen LogP contribution in [-0.4, -0.2) is 59.4 Å². The molecule has 1 N–H and O–H groups in total. The van der Waals surface area contributed by atoms with Gasteiger partial charge in [-0.25, -0.2) is 0 Å². The number of rotatable bonds is 8. The summed E-state index contributed by atoms with van der Waals surface area (Å²) in [5.41, 5.74) is 1.60. The third-order valence-corrected chi connectivity index (χ3v) is 4.61. The first-order chi connectivity index (χ1) is 13.2. The number of pyridine rings is 2. The summed E-state index contributed by atoms with van der Waals surface area (Å²) in [6, 6.07) is 7.39. The number of amides is 1. The molecule has 2 aromatic heterocycles. The highest BCUT2D eigenvalue weighted by Crippen LogP contribution is 2.20. The minimum absolute atomic E-state index is 0.0422. The standard InChI is InChI=1S/C20H24N4O3/c25-19(17-4-2-8-22-14-17)5-6-20(26)23-15-18(16-3-1-7-21-13-16)24-9-11-27-12-10-24/h1-4,7-8,13-14,18H,5-6,9-12,15H2,(H,23,26). The zero-order valence-corrected chi connectivity index (χ0v) is 15.2. The van der Waals surface area contributed by atoms with Gasteiger partial charge in [-0.2, -0.15) is 0 Å². The lowest BCUT2D eigenvalue weighted by Gasteiger charge is -2.34. The normalized spacial score (nSPS) is 15.9. The third-order valence-electron chi connectivity index (χ3n) is 4.61. The molecule has 3 heterocycles. The molecule has 1 fully saturated rings. The SMILES string of the molecule is O=C(CCC(=O)c1cccnc1)NCC(c1cccnc1)N1CCOCC1. The second-order valence-corrected chi connectivity index (χ2v) is 6.42. The minimum atomic E-state index is -0.130. The molecule has 1 amide bonds. The molecule has 1 aliphatic rings. The van der Waals surface area contributed by atoms with Crippen LogP contribution in [-0.2, 0) is 9.53 Å². The highest BCUT2D eigenvalue weighted by molar-refractivity contribution is 5.97. The van der Waals surface area contributed by atoms with Crippen LogP contribution in [0, 0.1) is 0 Å². The smallest absolute Gasteiger partial charge is 0.220 e. The van der Waals surface area contributed by atoms with E-state index >= 15 is 0 Å². The predicted molar refractivity (Wildman–Crippen MR) is 100 cm³/mol. The molecule has 0 aliphatic carbocycles. The Bertz CT molecular complexity index is 733. The number of ether oxygens (including phenoxy) is 1. The summed E-state index contributed by atoms with van der Waals surface area (Å²) in [7, 11) is 0. The van der Waals surface area contributed by atoms with Gasteiger partial charge in [0.2, 0.25) is 5.91 Å². The maximum absolute atomic E-state index is 12.3. The molecule has 7 nitrogen and oxygen atoms in total. The zero-order valence-electron chi connectivity index (χ0n) is 15.2. The van der Waals surface area contributed by atoms with E-state index in [0.717, 1.165) is 18.7 Å². The van der Waals surface area contributed by atoms with Crippen LogP contribution in [0.25, 0.3) is 0 Å². The van der Waals surface area contributed by atoms with Crippen molar-refractivity contribution in [2.45, 2.75) is 18.9 Å². The van der Waals surface area contributed by atoms with E-state index in [9.17, 15) is 9.59 Å². The number of nitrogens with one attached hydrogen (secondary N) is 1. The molecule has 1 aliphatic heterocycles. The summed E-state index contributed by atoms with van der Waals surface area (Å²) >= 11 is 0. The van der Waals surface area contributed by atoms with Crippen molar-refractivity contribution in [3.63, 3.8) is 0 Å². The molecule has 0 saturated carbocycles. The average Bonchev–Trinajstić information content (AvgIpc) is 2.74. The van der Waals surface area contributed by atoms with E-state index in [-0.39, 0.29) is 30.6 Å². The van der Waals surface area contributed by atoms with Crippen molar-refractivity contribution in [3.05, 3.63) is 60.2 Å². The van der Waals surface area contributed by atoms with Crippen molar-refractivity contribution in [1.29, 1.82) is 0 Å². The van der Waals surface area contributed by atoms with E-state index in [4.69, 9.17) is 4.74 Å². The monoisotopic (exact) mass is 368 g/mol. The highest BCUT2D eigenvalue weighted by Gasteiger charge is 2.23. The van der Waals surface area contributed by atoms with E-state index in [1.165, 1.54) is 6.20 Å². The molecule has 27 heavy (non-hydrogen) atoms. The summed E-state index contributed by atoms with van der Waals surface area (Å²) in [4.78, 5) is 34.8. The van der Waals surface area contributed by atoms with Gasteiger partial charge in [-0.1, -0.05) is 6.07 Å². The van der Waals surface area contributed by atoms with Crippen LogP contribution in [0.5, 0.6) is 0 Å². The lowest BCUT2D eigenvalue weighted by molar-refractivity contribution is -0.121. The van der Waals surface area contributed by atoms with Gasteiger partial charge in [-0.15, -0.1) is 0 Å². The molecular weight excluding hydrogens is 344 g/mol. The number of carbonyl (C=O) groups is 2. The Morgan fingerprint density at radius 3 is 2.48 bits per heavy atom. The molecule has 1 atom stereocenters. The van der Waals surface area contributed by atoms with Gasteiger partial charge in [-0.3, -0.25) is 24.5 Å². The van der Waals surface area contributed by atoms with Gasteiger partial charge in [0.1, 0.15) is 0 Å². The van der Waals surface area contributed by atoms with Crippen LogP contribution in [0.2, 0.25) is 0 Å². The van der Waals surface area contributed by atoms with Crippen LogP contribution >= 0.6 is 0 Å². The van der Waals surface area contributed by atoms with Crippen molar-refractivity contribution in [1.82, 2.24) is 20.2 Å². The number of nitrogens with zero attached hydrogens (tertiary/aromatic N) is 3. The maximum Gasteiger partial charge on any atom is 0.220 e. The molecule has 3 rings (SSSR count). The maximum atomic E-state index is 12.3. The fourth-order valence-corrected chi connectivity index (χ4v) is 3.12. The second-order valence-electron chi connectivity index (χ2n) is 6.42. The topological polar surface area (TPSA) is 84.4 Å². The number of ketones is 1. The molecule has 0 radical (unpaired) electrons. The van der Waals surface area contributed by atoms with E-state index in [2.05, 4.69) is 20.2 Å². The van der Waals surface area contributed by atoms with Crippen LogP contribution in [0.3, 0.4) is 0 Å². The number of carbonyl (C=O) groups excluding carboxylic acids is 2. The summed E-state index contributed by atoms with van der Waals surface area (Å²) < 4.78 is 5.43. The summed E-state index contributed by atoms with van der Waals surface area (Å²) in [6.45, 7) is 3.48. The van der Waals surface area contributed by atoms with Crippen LogP contribution < -0.4 is 5.32 Å². The first kappa shape index (κ1) is 19.1. The van der Waals surface area contributed by atoms with E-state index in [1.54, 1.807) is 24.5 Å². The predicted octanol–water partition coefficient (Wildman–Crippen LogP) is 1.63. The summed E-state index contributed by atoms with van der Waals surface area (Å²) in [6.07, 6.45) is 7.05. The second kappa shape index (κ2) is 9.89. The first-order valence-electron chi connectivity index (χ1n) is 9.15. The van der Waals surface area contributed by atoms with Gasteiger partial charge >= 0.3 is 0 Å². The van der Waals surface area contributed by atoms with Crippen molar-refractivity contribution >= 4 is 11.7 Å². The Hall–Kier alpha value is -2.64. The molecule has 0 aromatic carbocycles. The Morgan fingerprint density at radius 2 is 1.81 bits per heavy atom. The Kier molecular flexibility index (Phi) is 7.01. The van der Waals surface area contributed by atoms with E-state index in [0.29, 0.717) is 25.3 Å². The number of morpholine rings is 1. The highest BCUT2D eigenvalue weighted by atomic mass is 16.5. The van der Waals surface area contributed by atoms with Crippen molar-refractivity contribution < 1.29 is 14.3 Å². The first-order valence-corrected chi connectivity index (χ1v) is 9.15. The Balaban J connectivity index is 1.53. The molecule has 1 unspecified atom stereocenters. The lowest BCUT2D eigenvalue weighted by atomic mass is 10.1. The number of hydrogen-bond acceptors (Lipinski definition) is 6. The van der Waals surface area contributed by atoms with Crippen LogP contribution in [0.4, 0.5) is 0 Å². The molecule has 2 aromatic rings. The van der Waals surface area contributed by atoms with E-state index in [1.807, 2.05) is 18.3 Å². The molecule has 0 spiro atoms. The van der Waals surface area contributed by atoms with Crippen molar-refractivity contribution in [2.24, 2.45) is 0 Å². The van der Waals surface area contributed by atoms with Gasteiger partial charge in [0, 0.05) is 62.8 Å². The fraction of sp³-hybridized carbons (Fsp3) is 0.400. The van der Waals surface area contributed by atoms with Gasteiger partial charge in [-0.05, 0) is 23.8 Å². The fourth-order valence-electron chi connectivity index (χ4n) is 3.12. The molecular formula is C20H24N4O3. The average molecular weight is 368 g/mol. The van der Waals surface area contributed by atoms with Crippen LogP contribution in [0.15, 0.2) is 49.1 Å². The number of Topliss-reactive ketones (excluding diaryl/α,β-unsaturated/α-hetero) is 1. The largest absolute Gasteiger partial charge is 0.379 e. The quantitative estimate of drug-likeness (QED) is 0.713. The Labute approximate surface area is 158 Å². The van der Waals surface area contributed by atoms with Gasteiger partial charge < -0.3 is 10.1 Å². The summed E-state index contributed by atoms with van der Waals surface area (Å²) in [5.74, 6) is -0.204.